The van der Waals surface area contributed by atoms with Gasteiger partial charge in [0.15, 0.2) is 0 Å². The normalized spacial score (nSPS) is 16.2. The molecule has 5 nitrogen and oxygen atoms in total. The molecule has 0 saturated heterocycles. The summed E-state index contributed by atoms with van der Waals surface area (Å²) in [6.45, 7) is 6.14. The topological polar surface area (TPSA) is 58.1 Å². The van der Waals surface area contributed by atoms with Crippen LogP contribution in [0.25, 0.3) is 0 Å². The Balaban J connectivity index is 1.84. The maximum Gasteiger partial charge on any atom is 0.254 e. The number of benzene rings is 1. The van der Waals surface area contributed by atoms with Crippen LogP contribution < -0.4 is 10.2 Å². The predicted octanol–water partition coefficient (Wildman–Crippen LogP) is 2.48. The molecule has 2 heterocycles. The highest BCUT2D eigenvalue weighted by Gasteiger charge is 2.28. The average Bonchev–Trinajstić information content (AvgIpc) is 2.88. The molecule has 1 aliphatic rings. The minimum absolute atomic E-state index is 0.193. The molecule has 112 valence electrons. The number of rotatable bonds is 4. The first-order chi connectivity index (χ1) is 10.7. The van der Waals surface area contributed by atoms with Crippen molar-refractivity contribution in [3.63, 3.8) is 0 Å². The van der Waals surface area contributed by atoms with Gasteiger partial charge in [-0.3, -0.25) is 4.79 Å². The second-order valence-electron chi connectivity index (χ2n) is 5.32. The monoisotopic (exact) mass is 294 g/mol. The van der Waals surface area contributed by atoms with Crippen LogP contribution in [-0.2, 0) is 6.42 Å². The molecule has 0 fully saturated rings. The zero-order chi connectivity index (χ0) is 15.5. The Bertz CT molecular complexity index is 696. The van der Waals surface area contributed by atoms with Gasteiger partial charge in [0.2, 0.25) is 5.95 Å². The summed E-state index contributed by atoms with van der Waals surface area (Å²) in [5.41, 5.74) is 2.89. The number of nitrogens with zero attached hydrogens (tertiary/aromatic N) is 3. The van der Waals surface area contributed by atoms with Crippen LogP contribution in [0.4, 0.5) is 11.6 Å². The lowest BCUT2D eigenvalue weighted by Crippen LogP contribution is -2.27. The van der Waals surface area contributed by atoms with Gasteiger partial charge in [0.05, 0.1) is 5.56 Å². The van der Waals surface area contributed by atoms with Crippen LogP contribution >= 0.6 is 0 Å². The quantitative estimate of drug-likeness (QED) is 0.880. The molecule has 0 radical (unpaired) electrons. The lowest BCUT2D eigenvalue weighted by Gasteiger charge is -2.22. The lowest BCUT2D eigenvalue weighted by molar-refractivity contribution is 0.0957. The van der Waals surface area contributed by atoms with Crippen molar-refractivity contribution >= 4 is 17.5 Å². The summed E-state index contributed by atoms with van der Waals surface area (Å²) in [7, 11) is 0. The molecule has 1 aromatic carbocycles. The van der Waals surface area contributed by atoms with E-state index in [0.717, 1.165) is 12.1 Å². The molecule has 1 unspecified atom stereocenters. The van der Waals surface area contributed by atoms with Gasteiger partial charge in [-0.05, 0) is 25.0 Å². The molecule has 0 aliphatic carbocycles. The molecule has 3 rings (SSSR count). The van der Waals surface area contributed by atoms with Crippen LogP contribution in [0.15, 0.2) is 49.3 Å². The molecule has 5 heteroatoms. The molecule has 0 bridgehead atoms. The second-order valence-corrected chi connectivity index (χ2v) is 5.32. The number of carbonyl (C=O) groups excluding carboxylic acids is 1. The molecular formula is C17H18N4O. The molecule has 1 aromatic heterocycles. The van der Waals surface area contributed by atoms with Gasteiger partial charge in [-0.15, -0.1) is 6.58 Å². The van der Waals surface area contributed by atoms with Gasteiger partial charge in [0.25, 0.3) is 5.91 Å². The Morgan fingerprint density at radius 2 is 2.14 bits per heavy atom. The second kappa shape index (κ2) is 5.97. The zero-order valence-corrected chi connectivity index (χ0v) is 12.5. The van der Waals surface area contributed by atoms with Gasteiger partial charge < -0.3 is 10.2 Å². The summed E-state index contributed by atoms with van der Waals surface area (Å²) >= 11 is 0. The first kappa shape index (κ1) is 14.3. The van der Waals surface area contributed by atoms with E-state index in [9.17, 15) is 4.79 Å². The Kier molecular flexibility index (Phi) is 3.87. The third-order valence-electron chi connectivity index (χ3n) is 3.73. The highest BCUT2D eigenvalue weighted by Crippen LogP contribution is 2.35. The van der Waals surface area contributed by atoms with Gasteiger partial charge in [-0.1, -0.05) is 24.3 Å². The van der Waals surface area contributed by atoms with Crippen molar-refractivity contribution < 1.29 is 4.79 Å². The van der Waals surface area contributed by atoms with E-state index in [1.165, 1.54) is 5.56 Å². The summed E-state index contributed by atoms with van der Waals surface area (Å²) in [4.78, 5) is 22.7. The fourth-order valence-electron chi connectivity index (χ4n) is 2.70. The molecule has 1 amide bonds. The number of anilines is 2. The smallest absolute Gasteiger partial charge is 0.254 e. The minimum atomic E-state index is -0.193. The average molecular weight is 294 g/mol. The summed E-state index contributed by atoms with van der Waals surface area (Å²) in [6.07, 6.45) is 5.74. The van der Waals surface area contributed by atoms with Crippen molar-refractivity contribution in [1.82, 2.24) is 15.3 Å². The molecule has 0 spiro atoms. The van der Waals surface area contributed by atoms with E-state index < -0.39 is 0 Å². The number of hydrogen-bond acceptors (Lipinski definition) is 4. The Hall–Kier alpha value is -2.69. The first-order valence-electron chi connectivity index (χ1n) is 7.29. The van der Waals surface area contributed by atoms with Gasteiger partial charge in [-0.25, -0.2) is 9.97 Å². The van der Waals surface area contributed by atoms with Crippen LogP contribution in [0, 0.1) is 0 Å². The van der Waals surface area contributed by atoms with Crippen molar-refractivity contribution in [3.05, 3.63) is 60.4 Å². The predicted molar refractivity (Wildman–Crippen MR) is 86.3 cm³/mol. The van der Waals surface area contributed by atoms with Crippen LogP contribution in [0.1, 0.15) is 22.8 Å². The van der Waals surface area contributed by atoms with Crippen LogP contribution in [-0.4, -0.2) is 28.5 Å². The van der Waals surface area contributed by atoms with Gasteiger partial charge in [0.1, 0.15) is 0 Å². The van der Waals surface area contributed by atoms with E-state index in [4.69, 9.17) is 0 Å². The van der Waals surface area contributed by atoms with Gasteiger partial charge in [-0.2, -0.15) is 0 Å². The molecule has 22 heavy (non-hydrogen) atoms. The molecule has 1 aliphatic heterocycles. The molecule has 1 N–H and O–H groups in total. The summed E-state index contributed by atoms with van der Waals surface area (Å²) in [6, 6.07) is 8.57. The highest BCUT2D eigenvalue weighted by molar-refractivity contribution is 5.93. The number of fused-ring (bicyclic) bond motifs is 1. The van der Waals surface area contributed by atoms with Crippen LogP contribution in [0.5, 0.6) is 0 Å². The maximum absolute atomic E-state index is 11.8. The lowest BCUT2D eigenvalue weighted by atomic mass is 10.1. The number of nitrogens with one attached hydrogen (secondary N) is 1. The van der Waals surface area contributed by atoms with Crippen LogP contribution in [0.2, 0.25) is 0 Å². The minimum Gasteiger partial charge on any atom is -0.348 e. The number of hydrogen-bond donors (Lipinski definition) is 1. The third-order valence-corrected chi connectivity index (χ3v) is 3.73. The van der Waals surface area contributed by atoms with Crippen LogP contribution in [0.3, 0.4) is 0 Å². The SMILES string of the molecule is C=CCNC(=O)c1cnc(N2c3ccccc3CC2C)nc1. The van der Waals surface area contributed by atoms with E-state index >= 15 is 0 Å². The van der Waals surface area contributed by atoms with Crippen molar-refractivity contribution in [3.8, 4) is 0 Å². The summed E-state index contributed by atoms with van der Waals surface area (Å²) < 4.78 is 0. The largest absolute Gasteiger partial charge is 0.348 e. The van der Waals surface area contributed by atoms with Crippen molar-refractivity contribution in [2.75, 3.05) is 11.4 Å². The van der Waals surface area contributed by atoms with Gasteiger partial charge >= 0.3 is 0 Å². The number of para-hydroxylation sites is 1. The van der Waals surface area contributed by atoms with Crippen molar-refractivity contribution in [1.29, 1.82) is 0 Å². The van der Waals surface area contributed by atoms with E-state index in [1.807, 2.05) is 12.1 Å². The number of amides is 1. The van der Waals surface area contributed by atoms with E-state index in [-0.39, 0.29) is 5.91 Å². The molecular weight excluding hydrogens is 276 g/mol. The van der Waals surface area contributed by atoms with E-state index in [1.54, 1.807) is 18.5 Å². The summed E-state index contributed by atoms with van der Waals surface area (Å²) in [5, 5.41) is 2.71. The zero-order valence-electron chi connectivity index (χ0n) is 12.5. The first-order valence-corrected chi connectivity index (χ1v) is 7.29. The Morgan fingerprint density at radius 3 is 2.86 bits per heavy atom. The fourth-order valence-corrected chi connectivity index (χ4v) is 2.70. The highest BCUT2D eigenvalue weighted by atomic mass is 16.1. The Morgan fingerprint density at radius 1 is 1.41 bits per heavy atom. The van der Waals surface area contributed by atoms with E-state index in [2.05, 4.69) is 45.8 Å². The molecule has 2 aromatic rings. The molecule has 1 atom stereocenters. The third kappa shape index (κ3) is 2.57. The van der Waals surface area contributed by atoms with Crippen molar-refractivity contribution in [2.24, 2.45) is 0 Å². The van der Waals surface area contributed by atoms with Crippen molar-refractivity contribution in [2.45, 2.75) is 19.4 Å². The summed E-state index contributed by atoms with van der Waals surface area (Å²) in [5.74, 6) is 0.430. The van der Waals surface area contributed by atoms with Gasteiger partial charge in [0, 0.05) is 30.7 Å². The maximum atomic E-state index is 11.8. The van der Waals surface area contributed by atoms with E-state index in [0.29, 0.717) is 24.1 Å². The standard InChI is InChI=1S/C17H18N4O/c1-3-8-18-16(22)14-10-19-17(20-11-14)21-12(2)9-13-6-4-5-7-15(13)21/h3-7,10-12H,1,8-9H2,2H3,(H,18,22). The molecule has 0 saturated carbocycles. The number of carbonyl (C=O) groups is 1. The number of aromatic nitrogens is 2. The fraction of sp³-hybridized carbons (Fsp3) is 0.235. The Labute approximate surface area is 129 Å².